The van der Waals surface area contributed by atoms with Crippen molar-refractivity contribution in [1.82, 2.24) is 10.6 Å². The topological polar surface area (TPSA) is 134 Å². The van der Waals surface area contributed by atoms with Gasteiger partial charge in [-0.2, -0.15) is 12.6 Å². The van der Waals surface area contributed by atoms with Gasteiger partial charge in [0.25, 0.3) is 5.91 Å². The van der Waals surface area contributed by atoms with Crippen LogP contribution in [0.15, 0.2) is 48.5 Å². The van der Waals surface area contributed by atoms with Crippen LogP contribution < -0.4 is 21.7 Å². The van der Waals surface area contributed by atoms with Crippen LogP contribution in [0.1, 0.15) is 29.6 Å². The summed E-state index contributed by atoms with van der Waals surface area (Å²) >= 11 is 4.59. The van der Waals surface area contributed by atoms with Gasteiger partial charge in [-0.1, -0.05) is 36.4 Å². The third kappa shape index (κ3) is 6.24. The highest BCUT2D eigenvalue weighted by Crippen LogP contribution is 2.27. The van der Waals surface area contributed by atoms with Crippen LogP contribution >= 0.6 is 12.6 Å². The van der Waals surface area contributed by atoms with E-state index < -0.39 is 23.8 Å². The summed E-state index contributed by atoms with van der Waals surface area (Å²) in [4.78, 5) is 35.8. The van der Waals surface area contributed by atoms with Gasteiger partial charge in [-0.25, -0.2) is 4.79 Å². The Kier molecular flexibility index (Phi) is 8.13. The molecule has 1 aliphatic heterocycles. The third-order valence-electron chi connectivity index (χ3n) is 5.47. The molecule has 8 nitrogen and oxygen atoms in total. The van der Waals surface area contributed by atoms with E-state index in [1.807, 2.05) is 42.5 Å². The molecule has 0 spiro atoms. The van der Waals surface area contributed by atoms with Gasteiger partial charge < -0.3 is 26.8 Å². The quantitative estimate of drug-likeness (QED) is 0.302. The maximum absolute atomic E-state index is 13.1. The number of carboxylic acid groups (broad SMARTS) is 1. The lowest BCUT2D eigenvalue weighted by molar-refractivity contribution is -0.139. The number of carboxylic acids is 1. The Bertz CT molecular complexity index is 970. The molecule has 2 aromatic rings. The van der Waals surface area contributed by atoms with Gasteiger partial charge in [0.05, 0.1) is 0 Å². The number of thiol groups is 1. The van der Waals surface area contributed by atoms with Gasteiger partial charge in [-0.05, 0) is 42.6 Å². The highest BCUT2D eigenvalue weighted by atomic mass is 32.1. The number of primary amides is 1. The minimum atomic E-state index is -1.22. The summed E-state index contributed by atoms with van der Waals surface area (Å²) in [5.74, 6) is -2.37. The molecule has 6 N–H and O–H groups in total. The molecule has 2 aromatic carbocycles. The van der Waals surface area contributed by atoms with E-state index in [0.717, 1.165) is 24.2 Å². The Labute approximate surface area is 192 Å². The molecule has 2 unspecified atom stereocenters. The summed E-state index contributed by atoms with van der Waals surface area (Å²) in [7, 11) is 0. The highest BCUT2D eigenvalue weighted by Gasteiger charge is 2.25. The van der Waals surface area contributed by atoms with Crippen LogP contribution in [0.4, 0.5) is 5.69 Å². The molecule has 2 amide bonds. The van der Waals surface area contributed by atoms with E-state index in [-0.39, 0.29) is 24.1 Å². The second-order valence-corrected chi connectivity index (χ2v) is 8.46. The van der Waals surface area contributed by atoms with Crippen molar-refractivity contribution in [3.8, 4) is 11.1 Å². The molecule has 1 saturated heterocycles. The summed E-state index contributed by atoms with van der Waals surface area (Å²) in [5, 5.41) is 19.0. The average Bonchev–Trinajstić information content (AvgIpc) is 3.19. The Morgan fingerprint density at radius 2 is 1.94 bits per heavy atom. The van der Waals surface area contributed by atoms with Crippen LogP contribution in [0.5, 0.6) is 0 Å². The molecule has 32 heavy (non-hydrogen) atoms. The molecule has 0 saturated carbocycles. The zero-order chi connectivity index (χ0) is 23.1. The molecule has 0 bridgehead atoms. The number of carbonyl (C=O) groups excluding carboxylic acids is 2. The second kappa shape index (κ2) is 11.0. The molecule has 3 rings (SSSR count). The van der Waals surface area contributed by atoms with Crippen molar-refractivity contribution in [1.29, 1.82) is 0 Å². The summed E-state index contributed by atoms with van der Waals surface area (Å²) in [5.41, 5.74) is 7.73. The lowest BCUT2D eigenvalue weighted by Gasteiger charge is -2.19. The van der Waals surface area contributed by atoms with Crippen LogP contribution in [-0.4, -0.2) is 53.3 Å². The predicted molar refractivity (Wildman–Crippen MR) is 127 cm³/mol. The maximum Gasteiger partial charge on any atom is 0.326 e. The maximum atomic E-state index is 13.1. The number of anilines is 1. The molecule has 0 aromatic heterocycles. The van der Waals surface area contributed by atoms with E-state index in [1.165, 1.54) is 0 Å². The van der Waals surface area contributed by atoms with Crippen molar-refractivity contribution in [2.75, 3.05) is 18.4 Å². The van der Waals surface area contributed by atoms with Crippen molar-refractivity contribution in [2.24, 2.45) is 5.73 Å². The number of amides is 2. The number of carbonyl (C=O) groups is 3. The number of rotatable bonds is 10. The minimum absolute atomic E-state index is 0.0777. The summed E-state index contributed by atoms with van der Waals surface area (Å²) < 4.78 is 0. The van der Waals surface area contributed by atoms with Crippen LogP contribution in [-0.2, 0) is 9.59 Å². The Balaban J connectivity index is 1.84. The standard InChI is InChI=1S/C23H28N4O4S/c24-21(28)9-8-18(23(30)31)27-22(29)17-12-15(26-13-19-20(32)10-11-25-19)6-7-16(17)14-4-2-1-3-5-14/h1-7,12,18-20,25-26,32H,8-11,13H2,(H2,24,28)(H,27,29)(H,30,31)/t18-,19?,20?/m0/s1. The SMILES string of the molecule is NC(=O)CC[C@H](NC(=O)c1cc(NCC2NCCC2S)ccc1-c1ccccc1)C(=O)O. The zero-order valence-corrected chi connectivity index (χ0v) is 18.5. The summed E-state index contributed by atoms with van der Waals surface area (Å²) in [6, 6.07) is 13.8. The fourth-order valence-electron chi connectivity index (χ4n) is 3.68. The summed E-state index contributed by atoms with van der Waals surface area (Å²) in [6.45, 7) is 1.57. The number of aliphatic carboxylic acids is 1. The normalized spacial score (nSPS) is 18.7. The molecular weight excluding hydrogens is 428 g/mol. The Morgan fingerprint density at radius 1 is 1.19 bits per heavy atom. The molecule has 1 fully saturated rings. The van der Waals surface area contributed by atoms with E-state index in [0.29, 0.717) is 17.7 Å². The average molecular weight is 457 g/mol. The molecule has 1 heterocycles. The molecule has 0 radical (unpaired) electrons. The molecular formula is C23H28N4O4S. The largest absolute Gasteiger partial charge is 0.480 e. The van der Waals surface area contributed by atoms with Gasteiger partial charge in [0.15, 0.2) is 0 Å². The lowest BCUT2D eigenvalue weighted by atomic mass is 9.98. The van der Waals surface area contributed by atoms with Gasteiger partial charge >= 0.3 is 5.97 Å². The van der Waals surface area contributed by atoms with Crippen LogP contribution in [0.25, 0.3) is 11.1 Å². The monoisotopic (exact) mass is 456 g/mol. The van der Waals surface area contributed by atoms with E-state index in [9.17, 15) is 19.5 Å². The Hall–Kier alpha value is -3.04. The van der Waals surface area contributed by atoms with E-state index in [4.69, 9.17) is 5.73 Å². The predicted octanol–water partition coefficient (Wildman–Crippen LogP) is 1.87. The van der Waals surface area contributed by atoms with Gasteiger partial charge in [0.2, 0.25) is 5.91 Å². The number of hydrogen-bond acceptors (Lipinski definition) is 6. The van der Waals surface area contributed by atoms with E-state index >= 15 is 0 Å². The Morgan fingerprint density at radius 3 is 2.56 bits per heavy atom. The fraction of sp³-hybridized carbons (Fsp3) is 0.348. The van der Waals surface area contributed by atoms with Crippen LogP contribution in [0, 0.1) is 0 Å². The zero-order valence-electron chi connectivity index (χ0n) is 17.6. The van der Waals surface area contributed by atoms with Crippen molar-refractivity contribution >= 4 is 36.1 Å². The van der Waals surface area contributed by atoms with Crippen molar-refractivity contribution in [3.63, 3.8) is 0 Å². The lowest BCUT2D eigenvalue weighted by Crippen LogP contribution is -2.41. The number of nitrogens with one attached hydrogen (secondary N) is 3. The second-order valence-electron chi connectivity index (χ2n) is 7.79. The highest BCUT2D eigenvalue weighted by molar-refractivity contribution is 7.81. The van der Waals surface area contributed by atoms with Crippen LogP contribution in [0.2, 0.25) is 0 Å². The number of hydrogen-bond donors (Lipinski definition) is 6. The van der Waals surface area contributed by atoms with Gasteiger partial charge in [0, 0.05) is 35.5 Å². The molecule has 1 aliphatic rings. The summed E-state index contributed by atoms with van der Waals surface area (Å²) in [6.07, 6.45) is 0.785. The third-order valence-corrected chi connectivity index (χ3v) is 6.09. The van der Waals surface area contributed by atoms with Gasteiger partial charge in [-0.15, -0.1) is 0 Å². The van der Waals surface area contributed by atoms with E-state index in [2.05, 4.69) is 28.6 Å². The van der Waals surface area contributed by atoms with Gasteiger partial charge in [-0.3, -0.25) is 9.59 Å². The van der Waals surface area contributed by atoms with Crippen molar-refractivity contribution in [3.05, 3.63) is 54.1 Å². The van der Waals surface area contributed by atoms with Crippen LogP contribution in [0.3, 0.4) is 0 Å². The molecule has 3 atom stereocenters. The first-order valence-electron chi connectivity index (χ1n) is 10.5. The van der Waals surface area contributed by atoms with Gasteiger partial charge in [0.1, 0.15) is 6.04 Å². The smallest absolute Gasteiger partial charge is 0.326 e. The minimum Gasteiger partial charge on any atom is -0.480 e. The fourth-order valence-corrected chi connectivity index (χ4v) is 4.02. The first kappa shape index (κ1) is 23.6. The van der Waals surface area contributed by atoms with E-state index in [1.54, 1.807) is 6.07 Å². The number of nitrogens with two attached hydrogens (primary N) is 1. The molecule has 170 valence electrons. The van der Waals surface area contributed by atoms with Crippen molar-refractivity contribution in [2.45, 2.75) is 36.6 Å². The van der Waals surface area contributed by atoms with Crippen molar-refractivity contribution < 1.29 is 19.5 Å². The molecule has 0 aliphatic carbocycles. The first-order chi connectivity index (χ1) is 15.3. The number of benzene rings is 2. The molecule has 9 heteroatoms. The first-order valence-corrected chi connectivity index (χ1v) is 11.0.